The minimum absolute atomic E-state index is 0.509. The summed E-state index contributed by atoms with van der Waals surface area (Å²) in [5.41, 5.74) is 1.35. The van der Waals surface area contributed by atoms with E-state index in [-0.39, 0.29) is 0 Å². The van der Waals surface area contributed by atoms with Gasteiger partial charge in [-0.3, -0.25) is 0 Å². The van der Waals surface area contributed by atoms with Gasteiger partial charge in [-0.2, -0.15) is 0 Å². The molecule has 17 heavy (non-hydrogen) atoms. The van der Waals surface area contributed by atoms with Gasteiger partial charge in [0.2, 0.25) is 0 Å². The molecule has 0 fully saturated rings. The fraction of sp³-hybridized carbons (Fsp3) is 0.333. The third kappa shape index (κ3) is 2.48. The van der Waals surface area contributed by atoms with Crippen molar-refractivity contribution >= 4 is 11.6 Å². The number of hydrogen-bond donors (Lipinski definition) is 1. The van der Waals surface area contributed by atoms with Crippen molar-refractivity contribution in [3.05, 3.63) is 40.7 Å². The number of hydrogen-bond acceptors (Lipinski definition) is 3. The Kier molecular flexibility index (Phi) is 2.93. The number of rotatable bonds is 2. The molecular formula is C12H14ClN3O. The molecule has 1 heterocycles. The second-order valence-electron chi connectivity index (χ2n) is 4.56. The first kappa shape index (κ1) is 12.1. The van der Waals surface area contributed by atoms with Crippen molar-refractivity contribution in [1.29, 1.82) is 0 Å². The highest BCUT2D eigenvalue weighted by molar-refractivity contribution is 6.32. The fourth-order valence-corrected chi connectivity index (χ4v) is 1.66. The summed E-state index contributed by atoms with van der Waals surface area (Å²) in [6.07, 6.45) is 1.68. The molecule has 0 saturated heterocycles. The van der Waals surface area contributed by atoms with E-state index < -0.39 is 5.60 Å². The van der Waals surface area contributed by atoms with Crippen LogP contribution in [0, 0.1) is 6.92 Å². The molecular weight excluding hydrogens is 238 g/mol. The van der Waals surface area contributed by atoms with Gasteiger partial charge in [0.1, 0.15) is 11.3 Å². The number of aryl methyl sites for hydroxylation is 1. The highest BCUT2D eigenvalue weighted by Gasteiger charge is 2.20. The lowest BCUT2D eigenvalue weighted by Crippen LogP contribution is -2.15. The lowest BCUT2D eigenvalue weighted by Gasteiger charge is -2.11. The maximum atomic E-state index is 9.82. The third-order valence-electron chi connectivity index (χ3n) is 2.47. The van der Waals surface area contributed by atoms with Crippen LogP contribution in [0.5, 0.6) is 0 Å². The summed E-state index contributed by atoms with van der Waals surface area (Å²) in [5, 5.41) is 18.3. The summed E-state index contributed by atoms with van der Waals surface area (Å²) >= 11 is 6.10. The van der Waals surface area contributed by atoms with Crippen molar-refractivity contribution < 1.29 is 5.11 Å². The van der Waals surface area contributed by atoms with Gasteiger partial charge in [0.25, 0.3) is 0 Å². The summed E-state index contributed by atoms with van der Waals surface area (Å²) in [5.74, 6) is 0. The smallest absolute Gasteiger partial charge is 0.114 e. The number of halogens is 1. The van der Waals surface area contributed by atoms with Gasteiger partial charge >= 0.3 is 0 Å². The van der Waals surface area contributed by atoms with Crippen LogP contribution in [0.4, 0.5) is 0 Å². The Labute approximate surface area is 105 Å². The van der Waals surface area contributed by atoms with E-state index in [0.717, 1.165) is 11.3 Å². The molecule has 4 nitrogen and oxygen atoms in total. The van der Waals surface area contributed by atoms with Crippen LogP contribution in [0.15, 0.2) is 24.4 Å². The van der Waals surface area contributed by atoms with E-state index in [4.69, 9.17) is 11.6 Å². The van der Waals surface area contributed by atoms with E-state index in [0.29, 0.717) is 10.7 Å². The molecule has 0 spiro atoms. The van der Waals surface area contributed by atoms with Crippen LogP contribution < -0.4 is 0 Å². The van der Waals surface area contributed by atoms with Gasteiger partial charge in [-0.25, -0.2) is 4.68 Å². The first-order valence-electron chi connectivity index (χ1n) is 5.29. The lowest BCUT2D eigenvalue weighted by molar-refractivity contribution is 0.0737. The molecule has 1 aromatic heterocycles. The second kappa shape index (κ2) is 4.13. The Morgan fingerprint density at radius 3 is 2.65 bits per heavy atom. The summed E-state index contributed by atoms with van der Waals surface area (Å²) in [4.78, 5) is 0. The van der Waals surface area contributed by atoms with Crippen LogP contribution in [-0.2, 0) is 5.60 Å². The molecule has 1 aromatic carbocycles. The van der Waals surface area contributed by atoms with E-state index in [1.165, 1.54) is 0 Å². The average Bonchev–Trinajstić information content (AvgIpc) is 2.70. The lowest BCUT2D eigenvalue weighted by atomic mass is 10.1. The Morgan fingerprint density at radius 2 is 2.06 bits per heavy atom. The Hall–Kier alpha value is -1.39. The van der Waals surface area contributed by atoms with Gasteiger partial charge in [-0.05, 0) is 38.5 Å². The Morgan fingerprint density at radius 1 is 1.35 bits per heavy atom. The summed E-state index contributed by atoms with van der Waals surface area (Å²) in [6, 6.07) is 5.67. The van der Waals surface area contributed by atoms with Gasteiger partial charge in [0.05, 0.1) is 16.9 Å². The number of benzene rings is 1. The molecule has 0 saturated carbocycles. The Bertz CT molecular complexity index is 543. The van der Waals surface area contributed by atoms with Crippen LogP contribution in [0.1, 0.15) is 25.1 Å². The number of nitrogens with zero attached hydrogens (tertiary/aromatic N) is 3. The molecule has 0 unspecified atom stereocenters. The van der Waals surface area contributed by atoms with Gasteiger partial charge < -0.3 is 5.11 Å². The predicted molar refractivity (Wildman–Crippen MR) is 66.4 cm³/mol. The quantitative estimate of drug-likeness (QED) is 0.892. The van der Waals surface area contributed by atoms with Crippen molar-refractivity contribution in [1.82, 2.24) is 15.0 Å². The van der Waals surface area contributed by atoms with Gasteiger partial charge in [0, 0.05) is 0 Å². The molecule has 5 heteroatoms. The maximum absolute atomic E-state index is 9.82. The van der Waals surface area contributed by atoms with Crippen LogP contribution in [0.25, 0.3) is 5.69 Å². The zero-order chi connectivity index (χ0) is 12.6. The van der Waals surface area contributed by atoms with Gasteiger partial charge in [-0.1, -0.05) is 22.9 Å². The number of aromatic nitrogens is 3. The zero-order valence-corrected chi connectivity index (χ0v) is 10.7. The highest BCUT2D eigenvalue weighted by atomic mass is 35.5. The molecule has 0 atom stereocenters. The average molecular weight is 252 g/mol. The van der Waals surface area contributed by atoms with E-state index in [9.17, 15) is 5.11 Å². The van der Waals surface area contributed by atoms with Crippen molar-refractivity contribution in [3.8, 4) is 5.69 Å². The van der Waals surface area contributed by atoms with Crippen molar-refractivity contribution in [2.75, 3.05) is 0 Å². The number of aliphatic hydroxyl groups is 1. The monoisotopic (exact) mass is 251 g/mol. The molecule has 90 valence electrons. The summed E-state index contributed by atoms with van der Waals surface area (Å²) in [6.45, 7) is 5.31. The van der Waals surface area contributed by atoms with Crippen molar-refractivity contribution in [3.63, 3.8) is 0 Å². The van der Waals surface area contributed by atoms with E-state index in [1.54, 1.807) is 24.7 Å². The maximum Gasteiger partial charge on any atom is 0.114 e. The van der Waals surface area contributed by atoms with Gasteiger partial charge in [-0.15, -0.1) is 5.10 Å². The van der Waals surface area contributed by atoms with Gasteiger partial charge in [0.15, 0.2) is 0 Å². The molecule has 2 aromatic rings. The van der Waals surface area contributed by atoms with E-state index in [1.807, 2.05) is 25.1 Å². The predicted octanol–water partition coefficient (Wildman–Crippen LogP) is 2.46. The molecule has 0 aliphatic rings. The standard InChI is InChI=1S/C12H14ClN3O/c1-8-4-5-9(13)10(6-8)16-7-11(14-15-16)12(2,3)17/h4-7,17H,1-3H3. The molecule has 0 radical (unpaired) electrons. The van der Waals surface area contributed by atoms with Crippen LogP contribution in [0.2, 0.25) is 5.02 Å². The Balaban J connectivity index is 2.47. The zero-order valence-electron chi connectivity index (χ0n) is 9.98. The molecule has 0 bridgehead atoms. The first-order chi connectivity index (χ1) is 7.88. The van der Waals surface area contributed by atoms with Crippen molar-refractivity contribution in [2.24, 2.45) is 0 Å². The molecule has 0 amide bonds. The van der Waals surface area contributed by atoms with E-state index >= 15 is 0 Å². The topological polar surface area (TPSA) is 50.9 Å². The summed E-state index contributed by atoms with van der Waals surface area (Å²) < 4.78 is 1.57. The largest absolute Gasteiger partial charge is 0.384 e. The van der Waals surface area contributed by atoms with Crippen LogP contribution in [-0.4, -0.2) is 20.1 Å². The fourth-order valence-electron chi connectivity index (χ4n) is 1.46. The SMILES string of the molecule is Cc1ccc(Cl)c(-n2cc(C(C)(C)O)nn2)c1. The molecule has 0 aliphatic carbocycles. The molecule has 1 N–H and O–H groups in total. The van der Waals surface area contributed by atoms with Crippen LogP contribution in [0.3, 0.4) is 0 Å². The minimum Gasteiger partial charge on any atom is -0.384 e. The van der Waals surface area contributed by atoms with E-state index in [2.05, 4.69) is 10.3 Å². The normalized spacial score (nSPS) is 11.8. The minimum atomic E-state index is -1.01. The highest BCUT2D eigenvalue weighted by Crippen LogP contribution is 2.23. The van der Waals surface area contributed by atoms with Crippen LogP contribution >= 0.6 is 11.6 Å². The third-order valence-corrected chi connectivity index (χ3v) is 2.79. The van der Waals surface area contributed by atoms with Crippen molar-refractivity contribution in [2.45, 2.75) is 26.4 Å². The molecule has 0 aliphatic heterocycles. The summed E-state index contributed by atoms with van der Waals surface area (Å²) in [7, 11) is 0. The molecule has 2 rings (SSSR count). The first-order valence-corrected chi connectivity index (χ1v) is 5.67. The second-order valence-corrected chi connectivity index (χ2v) is 4.97.